The van der Waals surface area contributed by atoms with E-state index in [9.17, 15) is 5.11 Å². The number of halogens is 1. The molecule has 3 nitrogen and oxygen atoms in total. The molecule has 1 heterocycles. The van der Waals surface area contributed by atoms with Crippen LogP contribution in [0.4, 0.5) is 0 Å². The average molecular weight is 284 g/mol. The average Bonchev–Trinajstić information content (AvgIpc) is 2.76. The first-order valence-corrected chi connectivity index (χ1v) is 6.78. The maximum atomic E-state index is 10.1. The molecule has 0 aliphatic carbocycles. The molecule has 0 bridgehead atoms. The summed E-state index contributed by atoms with van der Waals surface area (Å²) in [7, 11) is 1.60. The van der Waals surface area contributed by atoms with E-state index in [1.807, 2.05) is 18.4 Å². The van der Waals surface area contributed by atoms with Crippen molar-refractivity contribution >= 4 is 22.9 Å². The molecule has 5 heteroatoms. The number of aryl methyl sites for hydroxylation is 1. The molecule has 0 saturated carbocycles. The second kappa shape index (κ2) is 5.69. The van der Waals surface area contributed by atoms with E-state index in [1.165, 1.54) is 11.3 Å². The van der Waals surface area contributed by atoms with Crippen molar-refractivity contribution in [3.63, 3.8) is 0 Å². The number of hydrogen-bond acceptors (Lipinski definition) is 4. The van der Waals surface area contributed by atoms with Crippen molar-refractivity contribution < 1.29 is 9.84 Å². The number of aromatic nitrogens is 1. The van der Waals surface area contributed by atoms with Gasteiger partial charge in [0.1, 0.15) is 11.9 Å². The number of hydrogen-bond donors (Lipinski definition) is 1. The fraction of sp³-hybridized carbons (Fsp3) is 0.308. The smallest absolute Gasteiger partial charge is 0.122 e. The minimum absolute atomic E-state index is 0.437. The lowest BCUT2D eigenvalue weighted by atomic mass is 10.1. The summed E-state index contributed by atoms with van der Waals surface area (Å²) in [6, 6.07) is 5.38. The zero-order chi connectivity index (χ0) is 13.1. The zero-order valence-electron chi connectivity index (χ0n) is 10.2. The Kier molecular flexibility index (Phi) is 4.22. The summed E-state index contributed by atoms with van der Waals surface area (Å²) in [5.74, 6) is 0.727. The number of benzene rings is 1. The molecule has 2 rings (SSSR count). The fourth-order valence-electron chi connectivity index (χ4n) is 1.75. The molecule has 1 aromatic carbocycles. The Bertz CT molecular complexity index is 542. The lowest BCUT2D eigenvalue weighted by Gasteiger charge is -2.12. The van der Waals surface area contributed by atoms with Crippen LogP contribution in [0.25, 0.3) is 0 Å². The summed E-state index contributed by atoms with van der Waals surface area (Å²) in [4.78, 5) is 4.28. The summed E-state index contributed by atoms with van der Waals surface area (Å²) in [6.45, 7) is 1.92. The topological polar surface area (TPSA) is 42.4 Å². The van der Waals surface area contributed by atoms with Gasteiger partial charge in [0.2, 0.25) is 0 Å². The van der Waals surface area contributed by atoms with E-state index >= 15 is 0 Å². The standard InChI is InChI=1S/C13H14ClNO2S/c1-8-15-11(7-18-8)12(16)6-9-5-10(14)3-4-13(9)17-2/h3-5,7,12,16H,6H2,1-2H3. The maximum absolute atomic E-state index is 10.1. The van der Waals surface area contributed by atoms with Gasteiger partial charge in [0, 0.05) is 16.8 Å². The molecule has 0 radical (unpaired) electrons. The molecule has 0 saturated heterocycles. The highest BCUT2D eigenvalue weighted by Crippen LogP contribution is 2.28. The third-order valence-corrected chi connectivity index (χ3v) is 3.66. The highest BCUT2D eigenvalue weighted by molar-refractivity contribution is 7.09. The maximum Gasteiger partial charge on any atom is 0.122 e. The molecule has 1 unspecified atom stereocenters. The third-order valence-electron chi connectivity index (χ3n) is 2.63. The van der Waals surface area contributed by atoms with Gasteiger partial charge in [-0.2, -0.15) is 0 Å². The Labute approximate surface area is 115 Å². The van der Waals surface area contributed by atoms with Gasteiger partial charge in [-0.05, 0) is 30.7 Å². The molecule has 0 aliphatic rings. The van der Waals surface area contributed by atoms with Crippen LogP contribution < -0.4 is 4.74 Å². The quantitative estimate of drug-likeness (QED) is 0.935. The number of nitrogens with zero attached hydrogens (tertiary/aromatic N) is 1. The second-order valence-corrected chi connectivity index (χ2v) is 5.47. The normalized spacial score (nSPS) is 12.4. The Morgan fingerprint density at radius 3 is 2.89 bits per heavy atom. The zero-order valence-corrected chi connectivity index (χ0v) is 11.8. The van der Waals surface area contributed by atoms with Crippen LogP contribution in [0.1, 0.15) is 22.4 Å². The minimum atomic E-state index is -0.637. The molecule has 0 fully saturated rings. The van der Waals surface area contributed by atoms with E-state index < -0.39 is 6.10 Å². The van der Waals surface area contributed by atoms with Crippen LogP contribution in [-0.2, 0) is 6.42 Å². The van der Waals surface area contributed by atoms with Gasteiger partial charge in [-0.3, -0.25) is 0 Å². The van der Waals surface area contributed by atoms with Gasteiger partial charge >= 0.3 is 0 Å². The largest absolute Gasteiger partial charge is 0.496 e. The molecule has 1 atom stereocenters. The first kappa shape index (κ1) is 13.3. The molecule has 18 heavy (non-hydrogen) atoms. The molecular weight excluding hydrogens is 270 g/mol. The van der Waals surface area contributed by atoms with Crippen LogP contribution in [-0.4, -0.2) is 17.2 Å². The fourth-order valence-corrected chi connectivity index (χ4v) is 2.61. The number of thiazole rings is 1. The predicted molar refractivity (Wildman–Crippen MR) is 73.5 cm³/mol. The highest BCUT2D eigenvalue weighted by atomic mass is 35.5. The number of aliphatic hydroxyl groups is 1. The van der Waals surface area contributed by atoms with Gasteiger partial charge < -0.3 is 9.84 Å². The van der Waals surface area contributed by atoms with Gasteiger partial charge in [-0.1, -0.05) is 11.6 Å². The summed E-state index contributed by atoms with van der Waals surface area (Å²) in [5.41, 5.74) is 1.57. The monoisotopic (exact) mass is 283 g/mol. The Balaban J connectivity index is 2.20. The van der Waals surface area contributed by atoms with E-state index in [-0.39, 0.29) is 0 Å². The molecule has 1 N–H and O–H groups in total. The van der Waals surface area contributed by atoms with Crippen molar-refractivity contribution in [1.29, 1.82) is 0 Å². The molecule has 0 aliphatic heterocycles. The van der Waals surface area contributed by atoms with Crippen molar-refractivity contribution in [1.82, 2.24) is 4.98 Å². The summed E-state index contributed by atoms with van der Waals surface area (Å²) >= 11 is 7.48. The van der Waals surface area contributed by atoms with Gasteiger partial charge in [-0.15, -0.1) is 11.3 Å². The molecule has 2 aromatic rings. The van der Waals surface area contributed by atoms with Crippen LogP contribution in [0.15, 0.2) is 23.6 Å². The van der Waals surface area contributed by atoms with Crippen molar-refractivity contribution in [2.45, 2.75) is 19.4 Å². The summed E-state index contributed by atoms with van der Waals surface area (Å²) in [6.07, 6.45) is -0.199. The van der Waals surface area contributed by atoms with Crippen LogP contribution in [0, 0.1) is 6.92 Å². The SMILES string of the molecule is COc1ccc(Cl)cc1CC(O)c1csc(C)n1. The van der Waals surface area contributed by atoms with E-state index in [1.54, 1.807) is 19.2 Å². The van der Waals surface area contributed by atoms with Crippen LogP contribution >= 0.6 is 22.9 Å². The van der Waals surface area contributed by atoms with Gasteiger partial charge in [-0.25, -0.2) is 4.98 Å². The van der Waals surface area contributed by atoms with E-state index in [0.717, 1.165) is 16.3 Å². The lowest BCUT2D eigenvalue weighted by molar-refractivity contribution is 0.173. The summed E-state index contributed by atoms with van der Waals surface area (Å²) in [5, 5.41) is 13.6. The highest BCUT2D eigenvalue weighted by Gasteiger charge is 2.14. The van der Waals surface area contributed by atoms with Crippen molar-refractivity contribution in [2.24, 2.45) is 0 Å². The van der Waals surface area contributed by atoms with Gasteiger partial charge in [0.25, 0.3) is 0 Å². The Morgan fingerprint density at radius 1 is 1.50 bits per heavy atom. The molecule has 1 aromatic heterocycles. The van der Waals surface area contributed by atoms with Crippen molar-refractivity contribution in [3.8, 4) is 5.75 Å². The van der Waals surface area contributed by atoms with E-state index in [2.05, 4.69) is 4.98 Å². The van der Waals surface area contributed by atoms with E-state index in [4.69, 9.17) is 16.3 Å². The molecular formula is C13H14ClNO2S. The van der Waals surface area contributed by atoms with Crippen LogP contribution in [0.5, 0.6) is 5.75 Å². The predicted octanol–water partition coefficient (Wildman–Crippen LogP) is 3.39. The molecule has 0 spiro atoms. The third kappa shape index (κ3) is 3.02. The summed E-state index contributed by atoms with van der Waals surface area (Å²) < 4.78 is 5.25. The lowest BCUT2D eigenvalue weighted by Crippen LogP contribution is -2.04. The van der Waals surface area contributed by atoms with Crippen LogP contribution in [0.2, 0.25) is 5.02 Å². The number of rotatable bonds is 4. The number of methoxy groups -OCH3 is 1. The van der Waals surface area contributed by atoms with Crippen LogP contribution in [0.3, 0.4) is 0 Å². The van der Waals surface area contributed by atoms with Crippen molar-refractivity contribution in [2.75, 3.05) is 7.11 Å². The molecule has 96 valence electrons. The van der Waals surface area contributed by atoms with Gasteiger partial charge in [0.05, 0.1) is 17.8 Å². The van der Waals surface area contributed by atoms with E-state index in [0.29, 0.717) is 17.1 Å². The second-order valence-electron chi connectivity index (χ2n) is 3.97. The first-order chi connectivity index (χ1) is 8.60. The first-order valence-electron chi connectivity index (χ1n) is 5.52. The Hall–Kier alpha value is -1.10. The number of ether oxygens (including phenoxy) is 1. The Morgan fingerprint density at radius 2 is 2.28 bits per heavy atom. The minimum Gasteiger partial charge on any atom is -0.496 e. The number of aliphatic hydroxyl groups excluding tert-OH is 1. The van der Waals surface area contributed by atoms with Gasteiger partial charge in [0.15, 0.2) is 0 Å². The van der Waals surface area contributed by atoms with Crippen molar-refractivity contribution in [3.05, 3.63) is 44.9 Å². The molecule has 0 amide bonds.